The van der Waals surface area contributed by atoms with Crippen molar-refractivity contribution in [2.45, 2.75) is 70.6 Å². The first-order chi connectivity index (χ1) is 13.8. The SMILES string of the molecule is CN=C(NCCS(=O)(=O)C(C)(C)C)NC1CCN(c2ccc(C(C)(C)C)cc2)CC1.I. The Labute approximate surface area is 206 Å². The summed E-state index contributed by atoms with van der Waals surface area (Å²) in [7, 11) is -1.42. The summed E-state index contributed by atoms with van der Waals surface area (Å²) in [6.45, 7) is 14.2. The van der Waals surface area contributed by atoms with Crippen molar-refractivity contribution in [3.63, 3.8) is 0 Å². The second-order valence-corrected chi connectivity index (χ2v) is 13.0. The number of hydrogen-bond donors (Lipinski definition) is 2. The average Bonchev–Trinajstić information content (AvgIpc) is 2.66. The number of guanidine groups is 1. The topological polar surface area (TPSA) is 73.8 Å². The van der Waals surface area contributed by atoms with Crippen molar-refractivity contribution in [2.24, 2.45) is 4.99 Å². The summed E-state index contributed by atoms with van der Waals surface area (Å²) in [6.07, 6.45) is 2.03. The third kappa shape index (κ3) is 8.11. The molecule has 0 amide bonds. The van der Waals surface area contributed by atoms with Gasteiger partial charge in [0.1, 0.15) is 0 Å². The molecular formula is C23H41IN4O2S. The molecular weight excluding hydrogens is 523 g/mol. The number of anilines is 1. The lowest BCUT2D eigenvalue weighted by Crippen LogP contribution is -2.49. The fraction of sp³-hybridized carbons (Fsp3) is 0.696. The Hall–Kier alpha value is -1.03. The van der Waals surface area contributed by atoms with Crippen LogP contribution in [0.15, 0.2) is 29.3 Å². The minimum atomic E-state index is -3.14. The lowest BCUT2D eigenvalue weighted by molar-refractivity contribution is 0.462. The molecule has 0 atom stereocenters. The second-order valence-electron chi connectivity index (χ2n) is 10.1. The third-order valence-electron chi connectivity index (χ3n) is 5.75. The summed E-state index contributed by atoms with van der Waals surface area (Å²) in [5.74, 6) is 0.771. The van der Waals surface area contributed by atoms with E-state index in [9.17, 15) is 8.42 Å². The molecule has 1 heterocycles. The van der Waals surface area contributed by atoms with Crippen molar-refractivity contribution in [3.05, 3.63) is 29.8 Å². The van der Waals surface area contributed by atoms with Gasteiger partial charge in [0.2, 0.25) is 0 Å². The first kappa shape index (κ1) is 28.0. The summed E-state index contributed by atoms with van der Waals surface area (Å²) < 4.78 is 23.8. The minimum absolute atomic E-state index is 0. The molecule has 1 saturated heterocycles. The van der Waals surface area contributed by atoms with Gasteiger partial charge >= 0.3 is 0 Å². The van der Waals surface area contributed by atoms with Crippen molar-refractivity contribution in [2.75, 3.05) is 37.3 Å². The molecule has 2 rings (SSSR count). The molecule has 1 fully saturated rings. The number of hydrogen-bond acceptors (Lipinski definition) is 4. The Morgan fingerprint density at radius 2 is 1.61 bits per heavy atom. The van der Waals surface area contributed by atoms with Gasteiger partial charge in [-0.1, -0.05) is 32.9 Å². The predicted octanol–water partition coefficient (Wildman–Crippen LogP) is 3.95. The van der Waals surface area contributed by atoms with E-state index in [1.165, 1.54) is 11.3 Å². The van der Waals surface area contributed by atoms with Crippen molar-refractivity contribution >= 4 is 45.5 Å². The molecule has 0 spiro atoms. The van der Waals surface area contributed by atoms with Crippen LogP contribution in [-0.2, 0) is 15.3 Å². The largest absolute Gasteiger partial charge is 0.371 e. The van der Waals surface area contributed by atoms with Crippen LogP contribution in [0.3, 0.4) is 0 Å². The standard InChI is InChI=1S/C23H40N4O2S.HI/c1-22(2,3)18-8-10-20(11-9-18)27-15-12-19(13-16-27)26-21(24-7)25-14-17-30(28,29)23(4,5)6;/h8-11,19H,12-17H2,1-7H3,(H2,24,25,26);1H. The van der Waals surface area contributed by atoms with E-state index in [1.54, 1.807) is 27.8 Å². The molecule has 1 aliphatic rings. The van der Waals surface area contributed by atoms with E-state index in [0.717, 1.165) is 25.9 Å². The molecule has 2 N–H and O–H groups in total. The lowest BCUT2D eigenvalue weighted by Gasteiger charge is -2.35. The number of piperidine rings is 1. The number of rotatable bonds is 5. The first-order valence-electron chi connectivity index (χ1n) is 10.9. The number of sulfone groups is 1. The zero-order valence-electron chi connectivity index (χ0n) is 20.2. The maximum absolute atomic E-state index is 12.3. The van der Waals surface area contributed by atoms with Crippen molar-refractivity contribution in [1.82, 2.24) is 10.6 Å². The Kier molecular flexibility index (Phi) is 10.1. The van der Waals surface area contributed by atoms with Crippen LogP contribution in [0.25, 0.3) is 0 Å². The maximum Gasteiger partial charge on any atom is 0.191 e. The molecule has 6 nitrogen and oxygen atoms in total. The van der Waals surface area contributed by atoms with Crippen LogP contribution in [0, 0.1) is 0 Å². The van der Waals surface area contributed by atoms with Crippen LogP contribution >= 0.6 is 24.0 Å². The van der Waals surface area contributed by atoms with E-state index in [4.69, 9.17) is 0 Å². The summed E-state index contributed by atoms with van der Waals surface area (Å²) >= 11 is 0. The number of nitrogens with zero attached hydrogens (tertiary/aromatic N) is 2. The van der Waals surface area contributed by atoms with Crippen molar-refractivity contribution < 1.29 is 8.42 Å². The van der Waals surface area contributed by atoms with Crippen LogP contribution in [0.2, 0.25) is 0 Å². The minimum Gasteiger partial charge on any atom is -0.371 e. The van der Waals surface area contributed by atoms with Gasteiger partial charge in [-0.3, -0.25) is 4.99 Å². The van der Waals surface area contributed by atoms with Crippen LogP contribution in [0.5, 0.6) is 0 Å². The van der Waals surface area contributed by atoms with E-state index in [-0.39, 0.29) is 35.1 Å². The molecule has 178 valence electrons. The molecule has 1 aromatic carbocycles. The first-order valence-corrected chi connectivity index (χ1v) is 12.5. The van der Waals surface area contributed by atoms with Crippen molar-refractivity contribution in [1.29, 1.82) is 0 Å². The van der Waals surface area contributed by atoms with Gasteiger partial charge < -0.3 is 15.5 Å². The molecule has 0 saturated carbocycles. The van der Waals surface area contributed by atoms with E-state index >= 15 is 0 Å². The Morgan fingerprint density at radius 3 is 2.06 bits per heavy atom. The summed E-state index contributed by atoms with van der Waals surface area (Å²) in [6, 6.07) is 9.25. The average molecular weight is 565 g/mol. The Bertz CT molecular complexity index is 817. The van der Waals surface area contributed by atoms with Crippen LogP contribution in [-0.4, -0.2) is 57.6 Å². The van der Waals surface area contributed by atoms with Gasteiger partial charge in [-0.2, -0.15) is 0 Å². The fourth-order valence-corrected chi connectivity index (χ4v) is 4.44. The number of benzene rings is 1. The number of halogens is 1. The molecule has 0 aliphatic carbocycles. The highest BCUT2D eigenvalue weighted by Gasteiger charge is 2.28. The molecule has 1 aromatic rings. The van der Waals surface area contributed by atoms with Gasteiger partial charge in [-0.15, -0.1) is 24.0 Å². The quantitative estimate of drug-likeness (QED) is 0.322. The molecule has 1 aliphatic heterocycles. The van der Waals surface area contributed by atoms with E-state index in [1.807, 2.05) is 0 Å². The molecule has 0 aromatic heterocycles. The smallest absolute Gasteiger partial charge is 0.191 e. The molecule has 8 heteroatoms. The van der Waals surface area contributed by atoms with Crippen LogP contribution in [0.1, 0.15) is 59.9 Å². The highest BCUT2D eigenvalue weighted by Crippen LogP contribution is 2.26. The van der Waals surface area contributed by atoms with E-state index < -0.39 is 14.6 Å². The fourth-order valence-electron chi connectivity index (χ4n) is 3.45. The second kappa shape index (κ2) is 11.2. The van der Waals surface area contributed by atoms with Gasteiger partial charge in [-0.25, -0.2) is 8.42 Å². The molecule has 0 unspecified atom stereocenters. The highest BCUT2D eigenvalue weighted by atomic mass is 127. The maximum atomic E-state index is 12.3. The van der Waals surface area contributed by atoms with Crippen LogP contribution < -0.4 is 15.5 Å². The highest BCUT2D eigenvalue weighted by molar-refractivity contribution is 14.0. The van der Waals surface area contributed by atoms with E-state index in [0.29, 0.717) is 18.5 Å². The van der Waals surface area contributed by atoms with Crippen LogP contribution in [0.4, 0.5) is 5.69 Å². The molecule has 31 heavy (non-hydrogen) atoms. The van der Waals surface area contributed by atoms with Gasteiger partial charge in [0, 0.05) is 38.4 Å². The third-order valence-corrected chi connectivity index (χ3v) is 8.36. The van der Waals surface area contributed by atoms with E-state index in [2.05, 4.69) is 65.6 Å². The Morgan fingerprint density at radius 1 is 1.06 bits per heavy atom. The summed E-state index contributed by atoms with van der Waals surface area (Å²) in [5, 5.41) is 6.60. The molecule has 0 bridgehead atoms. The Balaban J connectivity index is 0.00000480. The monoisotopic (exact) mass is 564 g/mol. The lowest BCUT2D eigenvalue weighted by atomic mass is 9.87. The van der Waals surface area contributed by atoms with Gasteiger partial charge in [-0.05, 0) is 56.7 Å². The normalized spacial score (nSPS) is 16.6. The van der Waals surface area contributed by atoms with Crippen molar-refractivity contribution in [3.8, 4) is 0 Å². The van der Waals surface area contributed by atoms with Gasteiger partial charge in [0.05, 0.1) is 10.5 Å². The predicted molar refractivity (Wildman–Crippen MR) is 144 cm³/mol. The zero-order valence-corrected chi connectivity index (χ0v) is 23.3. The zero-order chi connectivity index (χ0) is 22.6. The summed E-state index contributed by atoms with van der Waals surface area (Å²) in [5.41, 5.74) is 2.80. The van der Waals surface area contributed by atoms with Gasteiger partial charge in [0.15, 0.2) is 15.8 Å². The van der Waals surface area contributed by atoms with Gasteiger partial charge in [0.25, 0.3) is 0 Å². The summed E-state index contributed by atoms with van der Waals surface area (Å²) in [4.78, 5) is 6.69. The number of nitrogens with one attached hydrogen (secondary N) is 2. The number of aliphatic imine (C=N–C) groups is 1. The molecule has 0 radical (unpaired) electrons.